The molecule has 2 rings (SSSR count). The molecule has 1 aliphatic heterocycles. The van der Waals surface area contributed by atoms with E-state index < -0.39 is 21.9 Å². The van der Waals surface area contributed by atoms with Gasteiger partial charge in [0.15, 0.2) is 0 Å². The number of hydrogen-bond acceptors (Lipinski definition) is 5. The molecule has 0 fully saturated rings. The number of non-ortho nitro benzene ring substituents is 1. The first-order chi connectivity index (χ1) is 9.40. The van der Waals surface area contributed by atoms with E-state index in [9.17, 15) is 25.0 Å². The Bertz CT molecular complexity index is 639. The summed E-state index contributed by atoms with van der Waals surface area (Å²) in [5.74, 6) is 0. The second-order valence-corrected chi connectivity index (χ2v) is 4.15. The predicted octanol–water partition coefficient (Wildman–Crippen LogP) is 1.46. The van der Waals surface area contributed by atoms with Gasteiger partial charge in [-0.3, -0.25) is 20.2 Å². The number of nitro benzene ring substituents is 1. The highest BCUT2D eigenvalue weighted by atomic mass is 16.6. The molecule has 0 saturated carbocycles. The molecule has 0 unspecified atom stereocenters. The molecule has 1 atom stereocenters. The number of nitro groups is 2. The van der Waals surface area contributed by atoms with Gasteiger partial charge in [0.25, 0.3) is 11.4 Å². The Hall–Kier alpha value is -2.97. The average Bonchev–Trinajstić information content (AvgIpc) is 2.37. The van der Waals surface area contributed by atoms with Crippen LogP contribution in [-0.2, 0) is 0 Å². The minimum atomic E-state index is -1.03. The van der Waals surface area contributed by atoms with E-state index in [1.807, 2.05) is 0 Å². The van der Waals surface area contributed by atoms with Gasteiger partial charge in [0, 0.05) is 12.1 Å². The van der Waals surface area contributed by atoms with Crippen LogP contribution in [0.2, 0.25) is 0 Å². The lowest BCUT2D eigenvalue weighted by Gasteiger charge is -2.23. The second kappa shape index (κ2) is 4.96. The van der Waals surface area contributed by atoms with Crippen molar-refractivity contribution in [1.82, 2.24) is 10.6 Å². The summed E-state index contributed by atoms with van der Waals surface area (Å²) in [4.78, 5) is 32.0. The van der Waals surface area contributed by atoms with Crippen molar-refractivity contribution in [2.75, 3.05) is 0 Å². The molecule has 20 heavy (non-hydrogen) atoms. The van der Waals surface area contributed by atoms with Crippen molar-refractivity contribution in [2.24, 2.45) is 0 Å². The molecular formula is C11H10N4O5. The van der Waals surface area contributed by atoms with E-state index in [-0.39, 0.29) is 22.6 Å². The molecule has 2 N–H and O–H groups in total. The van der Waals surface area contributed by atoms with Gasteiger partial charge in [-0.05, 0) is 12.5 Å². The van der Waals surface area contributed by atoms with Crippen molar-refractivity contribution in [3.63, 3.8) is 0 Å². The maximum Gasteiger partial charge on any atom is 0.320 e. The van der Waals surface area contributed by atoms with Crippen molar-refractivity contribution in [2.45, 2.75) is 13.0 Å². The van der Waals surface area contributed by atoms with E-state index >= 15 is 0 Å². The van der Waals surface area contributed by atoms with Crippen LogP contribution in [0.25, 0.3) is 0 Å². The van der Waals surface area contributed by atoms with Crippen LogP contribution in [0.15, 0.2) is 35.7 Å². The molecule has 0 saturated heterocycles. The number of carbonyl (C=O) groups excluding carboxylic acids is 1. The molecule has 1 aliphatic rings. The number of nitrogens with one attached hydrogen (secondary N) is 2. The van der Waals surface area contributed by atoms with E-state index in [2.05, 4.69) is 10.6 Å². The highest BCUT2D eigenvalue weighted by Gasteiger charge is 2.35. The van der Waals surface area contributed by atoms with Crippen LogP contribution < -0.4 is 10.6 Å². The highest BCUT2D eigenvalue weighted by Crippen LogP contribution is 2.28. The number of nitrogens with zero attached hydrogens (tertiary/aromatic N) is 2. The van der Waals surface area contributed by atoms with Gasteiger partial charge in [0.1, 0.15) is 6.04 Å². The molecule has 1 aromatic carbocycles. The van der Waals surface area contributed by atoms with Crippen LogP contribution in [0.5, 0.6) is 0 Å². The first kappa shape index (κ1) is 13.5. The summed E-state index contributed by atoms with van der Waals surface area (Å²) in [5, 5.41) is 26.5. The summed E-state index contributed by atoms with van der Waals surface area (Å²) < 4.78 is 0. The van der Waals surface area contributed by atoms with Crippen LogP contribution in [0.3, 0.4) is 0 Å². The minimum absolute atomic E-state index is 0.107. The number of benzene rings is 1. The molecule has 0 radical (unpaired) electrons. The van der Waals surface area contributed by atoms with Crippen molar-refractivity contribution >= 4 is 11.7 Å². The molecule has 0 aliphatic carbocycles. The van der Waals surface area contributed by atoms with E-state index in [1.54, 1.807) is 0 Å². The summed E-state index contributed by atoms with van der Waals surface area (Å²) in [6, 6.07) is 3.75. The number of allylic oxidation sites excluding steroid dienone is 1. The predicted molar refractivity (Wildman–Crippen MR) is 67.2 cm³/mol. The van der Waals surface area contributed by atoms with E-state index in [0.717, 1.165) is 0 Å². The topological polar surface area (TPSA) is 127 Å². The quantitative estimate of drug-likeness (QED) is 0.639. The van der Waals surface area contributed by atoms with Gasteiger partial charge in [-0.15, -0.1) is 0 Å². The Morgan fingerprint density at radius 2 is 1.90 bits per heavy atom. The Balaban J connectivity index is 2.51. The first-order valence-electron chi connectivity index (χ1n) is 5.57. The van der Waals surface area contributed by atoms with Gasteiger partial charge >= 0.3 is 6.03 Å². The molecule has 2 amide bonds. The zero-order valence-corrected chi connectivity index (χ0v) is 10.3. The monoisotopic (exact) mass is 278 g/mol. The fraction of sp³-hybridized carbons (Fsp3) is 0.182. The zero-order chi connectivity index (χ0) is 14.9. The van der Waals surface area contributed by atoms with Gasteiger partial charge in [0.2, 0.25) is 0 Å². The summed E-state index contributed by atoms with van der Waals surface area (Å²) >= 11 is 0. The molecule has 0 spiro atoms. The Kier molecular flexibility index (Phi) is 3.34. The van der Waals surface area contributed by atoms with Gasteiger partial charge in [-0.2, -0.15) is 0 Å². The van der Waals surface area contributed by atoms with E-state index in [1.165, 1.54) is 31.2 Å². The first-order valence-corrected chi connectivity index (χ1v) is 5.57. The lowest BCUT2D eigenvalue weighted by atomic mass is 10.0. The number of hydrogen-bond donors (Lipinski definition) is 2. The average molecular weight is 278 g/mol. The van der Waals surface area contributed by atoms with Gasteiger partial charge in [0.05, 0.1) is 15.5 Å². The van der Waals surface area contributed by atoms with E-state index in [0.29, 0.717) is 0 Å². The fourth-order valence-corrected chi connectivity index (χ4v) is 1.99. The van der Waals surface area contributed by atoms with Gasteiger partial charge in [-0.25, -0.2) is 4.79 Å². The fourth-order valence-electron chi connectivity index (χ4n) is 1.99. The van der Waals surface area contributed by atoms with Crippen molar-refractivity contribution < 1.29 is 14.6 Å². The Morgan fingerprint density at radius 1 is 1.20 bits per heavy atom. The van der Waals surface area contributed by atoms with E-state index in [4.69, 9.17) is 0 Å². The lowest BCUT2D eigenvalue weighted by Crippen LogP contribution is -2.45. The molecule has 0 bridgehead atoms. The second-order valence-electron chi connectivity index (χ2n) is 4.15. The summed E-state index contributed by atoms with van der Waals surface area (Å²) in [6.45, 7) is 1.40. The van der Waals surface area contributed by atoms with Crippen molar-refractivity contribution in [3.05, 3.63) is 61.5 Å². The third kappa shape index (κ3) is 2.41. The third-order valence-electron chi connectivity index (χ3n) is 2.85. The largest absolute Gasteiger partial charge is 0.321 e. The highest BCUT2D eigenvalue weighted by molar-refractivity contribution is 5.78. The lowest BCUT2D eigenvalue weighted by molar-refractivity contribution is -0.432. The normalized spacial score (nSPS) is 18.2. The Morgan fingerprint density at radius 3 is 2.50 bits per heavy atom. The molecular weight excluding hydrogens is 268 g/mol. The number of carbonyl (C=O) groups is 1. The molecule has 0 aromatic heterocycles. The SMILES string of the molecule is CC1=C([N+](=O)[O-])[C@@H](c2cccc([N+](=O)[O-])c2)NC(=O)N1. The van der Waals surface area contributed by atoms with Gasteiger partial charge < -0.3 is 10.6 Å². The summed E-state index contributed by atoms with van der Waals surface area (Å²) in [5.41, 5.74) is -0.0592. The maximum absolute atomic E-state index is 11.4. The van der Waals surface area contributed by atoms with Crippen LogP contribution >= 0.6 is 0 Å². The molecule has 9 nitrogen and oxygen atoms in total. The number of rotatable bonds is 3. The standard InChI is InChI=1S/C11H10N4O5/c1-6-10(15(19)20)9(13-11(16)12-6)7-3-2-4-8(5-7)14(17)18/h2-5,9H,1H3,(H2,12,13,16)/t9-/m1/s1. The molecule has 104 valence electrons. The zero-order valence-electron chi connectivity index (χ0n) is 10.3. The number of urea groups is 1. The van der Waals surface area contributed by atoms with Crippen molar-refractivity contribution in [3.8, 4) is 0 Å². The van der Waals surface area contributed by atoms with Crippen molar-refractivity contribution in [1.29, 1.82) is 0 Å². The smallest absolute Gasteiger partial charge is 0.320 e. The minimum Gasteiger partial charge on any atom is -0.321 e. The number of amides is 2. The Labute approximate surface area is 112 Å². The molecule has 9 heteroatoms. The maximum atomic E-state index is 11.4. The molecule has 1 heterocycles. The third-order valence-corrected chi connectivity index (χ3v) is 2.85. The van der Waals surface area contributed by atoms with Crippen LogP contribution in [0.4, 0.5) is 10.5 Å². The van der Waals surface area contributed by atoms with Crippen LogP contribution in [0, 0.1) is 20.2 Å². The summed E-state index contributed by atoms with van der Waals surface area (Å²) in [6.07, 6.45) is 0. The summed E-state index contributed by atoms with van der Waals surface area (Å²) in [7, 11) is 0. The van der Waals surface area contributed by atoms with Crippen LogP contribution in [-0.4, -0.2) is 15.9 Å². The molecule has 1 aromatic rings. The van der Waals surface area contributed by atoms with Gasteiger partial charge in [-0.1, -0.05) is 12.1 Å². The van der Waals surface area contributed by atoms with Crippen LogP contribution in [0.1, 0.15) is 18.5 Å².